The minimum Gasteiger partial charge on any atom is -0.386 e. The second-order valence-electron chi connectivity index (χ2n) is 5.96. The SMILES string of the molecule is CC(C)C1(O)CN(C(=O)C2(C)COCC2N)C1. The van der Waals surface area contributed by atoms with Gasteiger partial charge in [0.05, 0.1) is 31.7 Å². The Bertz CT molecular complexity index is 326. The predicted octanol–water partition coefficient (Wildman–Crippen LogP) is -0.420. The molecule has 2 fully saturated rings. The van der Waals surface area contributed by atoms with E-state index in [1.807, 2.05) is 20.8 Å². The second-order valence-corrected chi connectivity index (χ2v) is 5.96. The fourth-order valence-corrected chi connectivity index (χ4v) is 2.39. The molecule has 0 bridgehead atoms. The van der Waals surface area contributed by atoms with Crippen LogP contribution in [-0.4, -0.2) is 53.9 Å². The standard InChI is InChI=1S/C12H22N2O3/c1-8(2)12(16)5-14(6-12)10(15)11(3)7-17-4-9(11)13/h8-9,16H,4-7,13H2,1-3H3. The molecule has 3 N–H and O–H groups in total. The van der Waals surface area contributed by atoms with Crippen molar-refractivity contribution in [3.05, 3.63) is 0 Å². The van der Waals surface area contributed by atoms with Gasteiger partial charge in [-0.15, -0.1) is 0 Å². The predicted molar refractivity (Wildman–Crippen MR) is 63.3 cm³/mol. The number of ether oxygens (including phenoxy) is 1. The van der Waals surface area contributed by atoms with E-state index in [2.05, 4.69) is 0 Å². The highest BCUT2D eigenvalue weighted by Crippen LogP contribution is 2.35. The Hall–Kier alpha value is -0.650. The molecule has 17 heavy (non-hydrogen) atoms. The number of carbonyl (C=O) groups is 1. The van der Waals surface area contributed by atoms with E-state index in [1.165, 1.54) is 0 Å². The third kappa shape index (κ3) is 1.86. The molecule has 0 radical (unpaired) electrons. The molecule has 2 saturated heterocycles. The number of hydrogen-bond donors (Lipinski definition) is 2. The highest BCUT2D eigenvalue weighted by molar-refractivity contribution is 5.84. The first-order valence-corrected chi connectivity index (χ1v) is 6.15. The summed E-state index contributed by atoms with van der Waals surface area (Å²) in [5.74, 6) is 0.167. The molecule has 2 rings (SSSR count). The van der Waals surface area contributed by atoms with Crippen LogP contribution in [0, 0.1) is 11.3 Å². The lowest BCUT2D eigenvalue weighted by atomic mass is 9.78. The van der Waals surface area contributed by atoms with Gasteiger partial charge in [0, 0.05) is 6.04 Å². The number of amides is 1. The van der Waals surface area contributed by atoms with Gasteiger partial charge in [-0.05, 0) is 12.8 Å². The second kappa shape index (κ2) is 3.93. The average molecular weight is 242 g/mol. The molecule has 0 aromatic heterocycles. The molecule has 0 aromatic rings. The number of nitrogens with two attached hydrogens (primary N) is 1. The van der Waals surface area contributed by atoms with Crippen molar-refractivity contribution in [3.63, 3.8) is 0 Å². The lowest BCUT2D eigenvalue weighted by molar-refractivity contribution is -0.173. The van der Waals surface area contributed by atoms with Crippen LogP contribution in [0.25, 0.3) is 0 Å². The van der Waals surface area contributed by atoms with Gasteiger partial charge in [0.15, 0.2) is 0 Å². The van der Waals surface area contributed by atoms with Crippen molar-refractivity contribution in [1.82, 2.24) is 4.90 Å². The van der Waals surface area contributed by atoms with Crippen molar-refractivity contribution in [1.29, 1.82) is 0 Å². The van der Waals surface area contributed by atoms with Gasteiger partial charge >= 0.3 is 0 Å². The number of β-amino-alcohol motifs (C(OH)–C–C–N with tert-alkyl or cyclic N) is 1. The third-order valence-electron chi connectivity index (χ3n) is 4.30. The van der Waals surface area contributed by atoms with E-state index in [9.17, 15) is 9.90 Å². The molecule has 98 valence electrons. The van der Waals surface area contributed by atoms with E-state index >= 15 is 0 Å². The van der Waals surface area contributed by atoms with Gasteiger partial charge in [-0.2, -0.15) is 0 Å². The minimum atomic E-state index is -0.727. The molecule has 1 amide bonds. The molecular weight excluding hydrogens is 220 g/mol. The zero-order valence-electron chi connectivity index (χ0n) is 10.8. The van der Waals surface area contributed by atoms with Crippen molar-refractivity contribution in [2.75, 3.05) is 26.3 Å². The fourth-order valence-electron chi connectivity index (χ4n) is 2.39. The maximum atomic E-state index is 12.3. The van der Waals surface area contributed by atoms with E-state index in [1.54, 1.807) is 4.90 Å². The summed E-state index contributed by atoms with van der Waals surface area (Å²) in [6.45, 7) is 7.41. The van der Waals surface area contributed by atoms with E-state index in [0.717, 1.165) is 0 Å². The molecule has 2 unspecified atom stereocenters. The number of likely N-dealkylation sites (tertiary alicyclic amines) is 1. The third-order valence-corrected chi connectivity index (χ3v) is 4.30. The fraction of sp³-hybridized carbons (Fsp3) is 0.917. The van der Waals surface area contributed by atoms with Gasteiger partial charge < -0.3 is 20.5 Å². The Kier molecular flexibility index (Phi) is 2.96. The number of nitrogens with zero attached hydrogens (tertiary/aromatic N) is 1. The first-order chi connectivity index (χ1) is 7.79. The van der Waals surface area contributed by atoms with Gasteiger partial charge in [-0.1, -0.05) is 13.8 Å². The summed E-state index contributed by atoms with van der Waals surface area (Å²) >= 11 is 0. The van der Waals surface area contributed by atoms with Crippen LogP contribution in [-0.2, 0) is 9.53 Å². The maximum Gasteiger partial charge on any atom is 0.232 e. The van der Waals surface area contributed by atoms with Crippen LogP contribution in [0.15, 0.2) is 0 Å². The van der Waals surface area contributed by atoms with E-state index < -0.39 is 11.0 Å². The summed E-state index contributed by atoms with van der Waals surface area (Å²) in [7, 11) is 0. The topological polar surface area (TPSA) is 75.8 Å². The van der Waals surface area contributed by atoms with Crippen LogP contribution in [0.5, 0.6) is 0 Å². The Labute approximate surface area is 102 Å². The Morgan fingerprint density at radius 3 is 2.53 bits per heavy atom. The molecule has 0 aromatic carbocycles. The molecular formula is C12H22N2O3. The van der Waals surface area contributed by atoms with E-state index in [4.69, 9.17) is 10.5 Å². The van der Waals surface area contributed by atoms with Crippen LogP contribution in [0.3, 0.4) is 0 Å². The molecule has 0 saturated carbocycles. The van der Waals surface area contributed by atoms with E-state index in [-0.39, 0.29) is 17.9 Å². The van der Waals surface area contributed by atoms with Crippen molar-refractivity contribution in [3.8, 4) is 0 Å². The molecule has 2 atom stereocenters. The van der Waals surface area contributed by atoms with Gasteiger partial charge in [-0.3, -0.25) is 4.79 Å². The van der Waals surface area contributed by atoms with Crippen LogP contribution in [0.4, 0.5) is 0 Å². The van der Waals surface area contributed by atoms with Gasteiger partial charge in [0.25, 0.3) is 0 Å². The highest BCUT2D eigenvalue weighted by atomic mass is 16.5. The van der Waals surface area contributed by atoms with Crippen LogP contribution >= 0.6 is 0 Å². The summed E-state index contributed by atoms with van der Waals surface area (Å²) in [6.07, 6.45) is 0. The zero-order chi connectivity index (χ0) is 12.8. The zero-order valence-corrected chi connectivity index (χ0v) is 10.8. The summed E-state index contributed by atoms with van der Waals surface area (Å²) < 4.78 is 5.28. The normalized spacial score (nSPS) is 36.1. The molecule has 2 heterocycles. The maximum absolute atomic E-state index is 12.3. The summed E-state index contributed by atoms with van der Waals surface area (Å²) in [6, 6.07) is -0.247. The van der Waals surface area contributed by atoms with Gasteiger partial charge in [-0.25, -0.2) is 0 Å². The lowest BCUT2D eigenvalue weighted by Crippen LogP contribution is -2.69. The molecule has 5 nitrogen and oxygen atoms in total. The number of carbonyl (C=O) groups excluding carboxylic acids is 1. The number of hydrogen-bond acceptors (Lipinski definition) is 4. The summed E-state index contributed by atoms with van der Waals surface area (Å²) in [5.41, 5.74) is 4.57. The van der Waals surface area contributed by atoms with Crippen LogP contribution < -0.4 is 5.73 Å². The average Bonchev–Trinajstić information content (AvgIpc) is 2.54. The number of aliphatic hydroxyl groups is 1. The van der Waals surface area contributed by atoms with Crippen molar-refractivity contribution >= 4 is 5.91 Å². The number of rotatable bonds is 2. The van der Waals surface area contributed by atoms with Crippen molar-refractivity contribution in [2.24, 2.45) is 17.1 Å². The summed E-state index contributed by atoms with van der Waals surface area (Å²) in [4.78, 5) is 14.0. The van der Waals surface area contributed by atoms with Crippen LogP contribution in [0.2, 0.25) is 0 Å². The monoisotopic (exact) mass is 242 g/mol. The van der Waals surface area contributed by atoms with Crippen molar-refractivity contribution < 1.29 is 14.6 Å². The lowest BCUT2D eigenvalue weighted by Gasteiger charge is -2.51. The molecule has 2 aliphatic rings. The van der Waals surface area contributed by atoms with Crippen molar-refractivity contribution in [2.45, 2.75) is 32.4 Å². The highest BCUT2D eigenvalue weighted by Gasteiger charge is 2.53. The first kappa shape index (κ1) is 12.8. The molecule has 2 aliphatic heterocycles. The minimum absolute atomic E-state index is 0.00725. The molecule has 0 aliphatic carbocycles. The van der Waals surface area contributed by atoms with Gasteiger partial charge in [0.1, 0.15) is 5.60 Å². The Balaban J connectivity index is 2.00. The Morgan fingerprint density at radius 1 is 1.53 bits per heavy atom. The summed E-state index contributed by atoms with van der Waals surface area (Å²) in [5, 5.41) is 10.1. The quantitative estimate of drug-likeness (QED) is 0.689. The van der Waals surface area contributed by atoms with E-state index in [0.29, 0.717) is 26.3 Å². The first-order valence-electron chi connectivity index (χ1n) is 6.15. The Morgan fingerprint density at radius 2 is 2.12 bits per heavy atom. The molecule has 0 spiro atoms. The molecule has 5 heteroatoms. The van der Waals surface area contributed by atoms with Gasteiger partial charge in [0.2, 0.25) is 5.91 Å². The largest absolute Gasteiger partial charge is 0.386 e. The smallest absolute Gasteiger partial charge is 0.232 e. The van der Waals surface area contributed by atoms with Crippen LogP contribution in [0.1, 0.15) is 20.8 Å².